The average molecular weight is 851 g/mol. The van der Waals surface area contributed by atoms with Crippen LogP contribution in [0.3, 0.4) is 0 Å². The van der Waals surface area contributed by atoms with Gasteiger partial charge in [0.05, 0.1) is 11.4 Å². The molecular formula is C41H38F4N6O10. The molecule has 61 heavy (non-hydrogen) atoms. The number of halogens is 4. The Morgan fingerprint density at radius 1 is 0.607 bits per heavy atom. The van der Waals surface area contributed by atoms with Gasteiger partial charge in [-0.3, -0.25) is 0 Å². The van der Waals surface area contributed by atoms with Crippen LogP contribution in [0.1, 0.15) is 61.0 Å². The molecule has 3 fully saturated rings. The molecule has 2 aromatic carbocycles. The molecule has 9 heterocycles. The van der Waals surface area contributed by atoms with Crippen molar-refractivity contribution >= 4 is 22.1 Å². The largest absolute Gasteiger partial charge is 0.464 e. The van der Waals surface area contributed by atoms with Crippen molar-refractivity contribution in [1.29, 1.82) is 0 Å². The highest BCUT2D eigenvalue weighted by Gasteiger charge is 2.59. The molecule has 10 atom stereocenters. The predicted octanol–water partition coefficient (Wildman–Crippen LogP) is 5.29. The fourth-order valence-electron chi connectivity index (χ4n) is 8.74. The number of fused-ring (bicyclic) bond motifs is 5. The van der Waals surface area contributed by atoms with E-state index in [2.05, 4.69) is 19.9 Å². The van der Waals surface area contributed by atoms with E-state index in [9.17, 15) is 27.8 Å². The lowest BCUT2D eigenvalue weighted by Gasteiger charge is -2.33. The maximum atomic E-state index is 14.4. The van der Waals surface area contributed by atoms with E-state index in [-0.39, 0.29) is 30.6 Å². The quantitative estimate of drug-likeness (QED) is 0.219. The highest BCUT2D eigenvalue weighted by molar-refractivity contribution is 5.79. The molecule has 0 bridgehead atoms. The van der Waals surface area contributed by atoms with E-state index in [1.807, 2.05) is 44.5 Å². The Balaban J connectivity index is 0.000000147. The molecule has 0 radical (unpaired) electrons. The zero-order chi connectivity index (χ0) is 42.5. The lowest BCUT2D eigenvalue weighted by Crippen LogP contribution is -2.37. The number of aliphatic hydroxyl groups is 2. The summed E-state index contributed by atoms with van der Waals surface area (Å²) in [6, 6.07) is 8.49. The summed E-state index contributed by atoms with van der Waals surface area (Å²) in [6.45, 7) is 6.82. The van der Waals surface area contributed by atoms with Gasteiger partial charge in [0.25, 0.3) is 0 Å². The SMILES string of the molecule is Cc1ncnc2c1ccn2[C@@H]1O[C@H]([C@@H]2OCOc3c2ccc(F)c3F)[C@@H](O)[C@H]1O.Cc1ncnc2c1ccn2[C@@H]1O[C@H]([C@@H]2OCOc3c2ccc(F)c3F)[C@H]2OC(C)(C)O[C@H]21. The molecule has 5 aliphatic heterocycles. The zero-order valence-electron chi connectivity index (χ0n) is 32.8. The van der Waals surface area contributed by atoms with E-state index >= 15 is 0 Å². The normalized spacial score (nSPS) is 30.0. The van der Waals surface area contributed by atoms with Crippen molar-refractivity contribution in [2.45, 2.75) is 94.8 Å². The van der Waals surface area contributed by atoms with E-state index in [4.69, 9.17) is 37.9 Å². The van der Waals surface area contributed by atoms with Crippen LogP contribution < -0.4 is 9.47 Å². The number of aromatic nitrogens is 6. The van der Waals surface area contributed by atoms with Crippen LogP contribution in [0, 0.1) is 37.1 Å². The van der Waals surface area contributed by atoms with E-state index in [1.165, 1.54) is 24.8 Å². The molecule has 0 unspecified atom stereocenters. The maximum Gasteiger partial charge on any atom is 0.201 e. The number of rotatable bonds is 4. The van der Waals surface area contributed by atoms with Crippen LogP contribution in [0.4, 0.5) is 17.6 Å². The lowest BCUT2D eigenvalue weighted by molar-refractivity contribution is -0.218. The van der Waals surface area contributed by atoms with Crippen LogP contribution in [0.25, 0.3) is 22.1 Å². The summed E-state index contributed by atoms with van der Waals surface area (Å²) >= 11 is 0. The van der Waals surface area contributed by atoms with Gasteiger partial charge in [0.2, 0.25) is 11.6 Å². The van der Waals surface area contributed by atoms with E-state index in [1.54, 1.807) is 16.8 Å². The van der Waals surface area contributed by atoms with Gasteiger partial charge in [0.15, 0.2) is 55.0 Å². The molecule has 11 rings (SSSR count). The molecule has 2 N–H and O–H groups in total. The van der Waals surface area contributed by atoms with E-state index < -0.39 is 90.3 Å². The first-order valence-corrected chi connectivity index (χ1v) is 19.3. The standard InChI is InChI=1S/C22H21F2N3O5.C19H17F2N3O5/c1-10-11-6-7-27(20(11)26-8-25-10)21-19-18(31-22(2,3)32-19)17(30-21)16-12-4-5-13(23)14(24)15(12)28-9-29-16;1-8-9-4-5-24(18(9)23-6-22-8)19-14(26)13(25)17(29-19)16-10-2-3-11(20)12(21)15(10)27-7-28-16/h4-8,16-19,21H,9H2,1-3H3;2-6,13-14,16-17,19,25-26H,7H2,1H3/t16-,17-,18-,19-,21-;13-,14+,16+,17-,19+/m10/s1. The van der Waals surface area contributed by atoms with Crippen LogP contribution in [0.2, 0.25) is 0 Å². The number of hydrogen-bond acceptors (Lipinski definition) is 14. The molecule has 4 aromatic heterocycles. The van der Waals surface area contributed by atoms with Crippen LogP contribution in [0.5, 0.6) is 11.5 Å². The number of nitrogens with zero attached hydrogens (tertiary/aromatic N) is 6. The Labute approximate surface area is 343 Å². The summed E-state index contributed by atoms with van der Waals surface area (Å²) in [5.74, 6) is -5.53. The van der Waals surface area contributed by atoms with Gasteiger partial charge in [-0.05, 0) is 64.1 Å². The van der Waals surface area contributed by atoms with Gasteiger partial charge in [-0.2, -0.15) is 8.78 Å². The van der Waals surface area contributed by atoms with Gasteiger partial charge in [0.1, 0.15) is 72.8 Å². The molecule has 0 spiro atoms. The topological polar surface area (TPSA) is 176 Å². The molecule has 320 valence electrons. The van der Waals surface area contributed by atoms with Gasteiger partial charge in [-0.15, -0.1) is 0 Å². The summed E-state index contributed by atoms with van der Waals surface area (Å²) in [7, 11) is 0. The number of ether oxygens (including phenoxy) is 8. The Bertz CT molecular complexity index is 2670. The number of aliphatic hydroxyl groups excluding tert-OH is 2. The Morgan fingerprint density at radius 2 is 1.10 bits per heavy atom. The Hall–Kier alpha value is -5.32. The first-order valence-electron chi connectivity index (χ1n) is 19.3. The smallest absolute Gasteiger partial charge is 0.201 e. The maximum absolute atomic E-state index is 14.4. The zero-order valence-corrected chi connectivity index (χ0v) is 32.8. The van der Waals surface area contributed by atoms with Crippen molar-refractivity contribution in [3.05, 3.63) is 107 Å². The van der Waals surface area contributed by atoms with Gasteiger partial charge in [-0.25, -0.2) is 28.7 Å². The molecule has 6 aromatic rings. The monoisotopic (exact) mass is 850 g/mol. The third kappa shape index (κ3) is 6.51. The molecular weight excluding hydrogens is 812 g/mol. The highest BCUT2D eigenvalue weighted by Crippen LogP contribution is 2.50. The average Bonchev–Trinajstić information content (AvgIpc) is 4.07. The molecule has 3 saturated heterocycles. The van der Waals surface area contributed by atoms with Gasteiger partial charge in [-0.1, -0.05) is 0 Å². The molecule has 5 aliphatic rings. The third-order valence-corrected chi connectivity index (χ3v) is 11.6. The van der Waals surface area contributed by atoms with Crippen LogP contribution in [-0.4, -0.2) is 95.3 Å². The minimum absolute atomic E-state index is 0.169. The summed E-state index contributed by atoms with van der Waals surface area (Å²) < 4.78 is 106. The summed E-state index contributed by atoms with van der Waals surface area (Å²) in [4.78, 5) is 17.0. The Morgan fingerprint density at radius 3 is 1.66 bits per heavy atom. The molecule has 20 heteroatoms. The lowest BCUT2D eigenvalue weighted by atomic mass is 9.97. The third-order valence-electron chi connectivity index (χ3n) is 11.6. The fraction of sp³-hybridized carbons (Fsp3) is 0.415. The van der Waals surface area contributed by atoms with Crippen molar-refractivity contribution < 1.29 is 65.7 Å². The summed E-state index contributed by atoms with van der Waals surface area (Å²) in [6.07, 6.45) is -2.08. The number of benzene rings is 2. The second kappa shape index (κ2) is 14.9. The highest BCUT2D eigenvalue weighted by atomic mass is 19.2. The minimum Gasteiger partial charge on any atom is -0.464 e. The summed E-state index contributed by atoms with van der Waals surface area (Å²) in [5.41, 5.74) is 3.42. The van der Waals surface area contributed by atoms with Crippen LogP contribution >= 0.6 is 0 Å². The second-order valence-corrected chi connectivity index (χ2v) is 15.6. The Kier molecular flexibility index (Phi) is 9.75. The predicted molar refractivity (Wildman–Crippen MR) is 200 cm³/mol. The van der Waals surface area contributed by atoms with Crippen molar-refractivity contribution in [2.24, 2.45) is 0 Å². The van der Waals surface area contributed by atoms with Crippen molar-refractivity contribution in [3.63, 3.8) is 0 Å². The van der Waals surface area contributed by atoms with Gasteiger partial charge in [0, 0.05) is 34.3 Å². The number of aryl methyl sites for hydroxylation is 2. The van der Waals surface area contributed by atoms with E-state index in [0.29, 0.717) is 16.9 Å². The fourth-order valence-corrected chi connectivity index (χ4v) is 8.74. The van der Waals surface area contributed by atoms with Crippen LogP contribution in [0.15, 0.2) is 61.4 Å². The van der Waals surface area contributed by atoms with Crippen molar-refractivity contribution in [3.8, 4) is 11.5 Å². The first kappa shape index (κ1) is 39.8. The van der Waals surface area contributed by atoms with Gasteiger partial charge < -0.3 is 57.2 Å². The first-order chi connectivity index (χ1) is 29.3. The molecule has 0 saturated carbocycles. The summed E-state index contributed by atoms with van der Waals surface area (Å²) in [5, 5.41) is 23.0. The van der Waals surface area contributed by atoms with Crippen molar-refractivity contribution in [1.82, 2.24) is 29.1 Å². The van der Waals surface area contributed by atoms with Crippen LogP contribution in [-0.2, 0) is 28.4 Å². The second-order valence-electron chi connectivity index (χ2n) is 15.6. The molecule has 0 aliphatic carbocycles. The van der Waals surface area contributed by atoms with E-state index in [0.717, 1.165) is 34.3 Å². The number of hydrogen-bond donors (Lipinski definition) is 2. The minimum atomic E-state index is -1.34. The van der Waals surface area contributed by atoms with Crippen molar-refractivity contribution in [2.75, 3.05) is 13.6 Å². The molecule has 16 nitrogen and oxygen atoms in total. The molecule has 0 amide bonds. The van der Waals surface area contributed by atoms with Gasteiger partial charge >= 0.3 is 0 Å².